The van der Waals surface area contributed by atoms with Gasteiger partial charge in [-0.2, -0.15) is 0 Å². The SMILES string of the molecule is C=C(C)C1CC(c2ccccc2)(c2ccccc2)C(=O)O1. The van der Waals surface area contributed by atoms with Gasteiger partial charge in [0.1, 0.15) is 11.5 Å². The summed E-state index contributed by atoms with van der Waals surface area (Å²) in [5, 5.41) is 0. The number of ether oxygens (including phenoxy) is 1. The van der Waals surface area contributed by atoms with Crippen LogP contribution in [0.1, 0.15) is 24.5 Å². The molecule has 106 valence electrons. The Hall–Kier alpha value is -2.35. The largest absolute Gasteiger partial charge is 0.457 e. The average Bonchev–Trinajstić information content (AvgIpc) is 2.88. The van der Waals surface area contributed by atoms with Crippen LogP contribution in [0.15, 0.2) is 72.8 Å². The van der Waals surface area contributed by atoms with Gasteiger partial charge in [0.15, 0.2) is 0 Å². The van der Waals surface area contributed by atoms with Crippen molar-refractivity contribution in [2.45, 2.75) is 24.9 Å². The van der Waals surface area contributed by atoms with Crippen LogP contribution < -0.4 is 0 Å². The van der Waals surface area contributed by atoms with E-state index >= 15 is 0 Å². The fourth-order valence-corrected chi connectivity index (χ4v) is 2.99. The fraction of sp³-hybridized carbons (Fsp3) is 0.211. The van der Waals surface area contributed by atoms with Crippen LogP contribution in [0, 0.1) is 0 Å². The second kappa shape index (κ2) is 5.21. The zero-order valence-electron chi connectivity index (χ0n) is 12.1. The van der Waals surface area contributed by atoms with E-state index in [0.29, 0.717) is 6.42 Å². The van der Waals surface area contributed by atoms with Gasteiger partial charge in [0.2, 0.25) is 0 Å². The Kier molecular flexibility index (Phi) is 3.38. The van der Waals surface area contributed by atoms with Gasteiger partial charge in [0.25, 0.3) is 0 Å². The van der Waals surface area contributed by atoms with Crippen molar-refractivity contribution < 1.29 is 9.53 Å². The second-order valence-electron chi connectivity index (χ2n) is 5.58. The maximum Gasteiger partial charge on any atom is 0.321 e. The van der Waals surface area contributed by atoms with Gasteiger partial charge in [-0.05, 0) is 23.6 Å². The standard InChI is InChI=1S/C19H18O2/c1-14(2)17-13-19(18(20)21-17,15-9-5-3-6-10-15)16-11-7-4-8-12-16/h3-12,17H,1,13H2,2H3. The Balaban J connectivity index is 2.18. The molecular formula is C19H18O2. The minimum Gasteiger partial charge on any atom is -0.457 e. The summed E-state index contributed by atoms with van der Waals surface area (Å²) < 4.78 is 5.61. The van der Waals surface area contributed by atoms with E-state index in [1.165, 1.54) is 0 Å². The molecule has 1 unspecified atom stereocenters. The monoisotopic (exact) mass is 278 g/mol. The lowest BCUT2D eigenvalue weighted by molar-refractivity contribution is -0.143. The number of hydrogen-bond acceptors (Lipinski definition) is 2. The molecule has 1 aliphatic heterocycles. The lowest BCUT2D eigenvalue weighted by Crippen LogP contribution is -2.33. The van der Waals surface area contributed by atoms with Crippen molar-refractivity contribution in [3.8, 4) is 0 Å². The highest BCUT2D eigenvalue weighted by molar-refractivity contribution is 5.90. The summed E-state index contributed by atoms with van der Waals surface area (Å²) in [6, 6.07) is 19.7. The molecule has 0 aliphatic carbocycles. The average molecular weight is 278 g/mol. The molecule has 0 aromatic heterocycles. The van der Waals surface area contributed by atoms with E-state index in [4.69, 9.17) is 4.74 Å². The number of benzene rings is 2. The second-order valence-corrected chi connectivity index (χ2v) is 5.58. The van der Waals surface area contributed by atoms with Crippen LogP contribution in [0.5, 0.6) is 0 Å². The highest BCUT2D eigenvalue weighted by atomic mass is 16.6. The van der Waals surface area contributed by atoms with Gasteiger partial charge in [-0.15, -0.1) is 0 Å². The van der Waals surface area contributed by atoms with E-state index in [1.807, 2.05) is 67.6 Å². The molecule has 1 fully saturated rings. The Morgan fingerprint density at radius 1 is 1.05 bits per heavy atom. The van der Waals surface area contributed by atoms with Crippen LogP contribution in [0.3, 0.4) is 0 Å². The van der Waals surface area contributed by atoms with Crippen molar-refractivity contribution in [3.05, 3.63) is 83.9 Å². The summed E-state index contributed by atoms with van der Waals surface area (Å²) in [6.07, 6.45) is 0.382. The third kappa shape index (κ3) is 2.17. The summed E-state index contributed by atoms with van der Waals surface area (Å²) in [6.45, 7) is 5.85. The van der Waals surface area contributed by atoms with Crippen molar-refractivity contribution in [3.63, 3.8) is 0 Å². The van der Waals surface area contributed by atoms with Crippen LogP contribution in [-0.2, 0) is 14.9 Å². The molecule has 2 aromatic rings. The first kappa shape index (κ1) is 13.6. The summed E-state index contributed by atoms with van der Waals surface area (Å²) in [7, 11) is 0. The lowest BCUT2D eigenvalue weighted by atomic mass is 9.72. The van der Waals surface area contributed by atoms with Gasteiger partial charge in [0, 0.05) is 6.42 Å². The number of esters is 1. The topological polar surface area (TPSA) is 26.3 Å². The van der Waals surface area contributed by atoms with Crippen molar-refractivity contribution in [1.82, 2.24) is 0 Å². The minimum absolute atomic E-state index is 0.187. The van der Waals surface area contributed by atoms with Crippen LogP contribution in [0.4, 0.5) is 0 Å². The molecule has 0 amide bonds. The normalized spacial score (nSPS) is 20.0. The van der Waals surface area contributed by atoms with Crippen LogP contribution in [-0.4, -0.2) is 12.1 Å². The zero-order chi connectivity index (χ0) is 14.9. The van der Waals surface area contributed by atoms with Crippen molar-refractivity contribution >= 4 is 5.97 Å². The molecule has 1 saturated heterocycles. The molecule has 0 N–H and O–H groups in total. The first-order valence-corrected chi connectivity index (χ1v) is 7.12. The van der Waals surface area contributed by atoms with Crippen molar-refractivity contribution in [2.75, 3.05) is 0 Å². The molecule has 1 aliphatic rings. The van der Waals surface area contributed by atoms with Crippen molar-refractivity contribution in [2.24, 2.45) is 0 Å². The summed E-state index contributed by atoms with van der Waals surface area (Å²) >= 11 is 0. The molecule has 2 nitrogen and oxygen atoms in total. The predicted molar refractivity (Wildman–Crippen MR) is 83.0 cm³/mol. The molecule has 0 bridgehead atoms. The summed E-state index contributed by atoms with van der Waals surface area (Å²) in [5.41, 5.74) is 2.11. The van der Waals surface area contributed by atoms with Gasteiger partial charge in [-0.25, -0.2) is 0 Å². The molecule has 2 heteroatoms. The third-order valence-electron chi connectivity index (χ3n) is 4.17. The number of rotatable bonds is 3. The number of carbonyl (C=O) groups excluding carboxylic acids is 1. The third-order valence-corrected chi connectivity index (χ3v) is 4.17. The molecular weight excluding hydrogens is 260 g/mol. The predicted octanol–water partition coefficient (Wildman–Crippen LogP) is 3.86. The Labute approximate surface area is 125 Å². The molecule has 0 spiro atoms. The van der Waals surface area contributed by atoms with E-state index < -0.39 is 5.41 Å². The maximum absolute atomic E-state index is 12.7. The molecule has 2 aromatic carbocycles. The number of hydrogen-bond donors (Lipinski definition) is 0. The van der Waals surface area contributed by atoms with Gasteiger partial charge in [0.05, 0.1) is 0 Å². The highest BCUT2D eigenvalue weighted by Gasteiger charge is 2.51. The number of carbonyl (C=O) groups is 1. The smallest absolute Gasteiger partial charge is 0.321 e. The fourth-order valence-electron chi connectivity index (χ4n) is 2.99. The summed E-state index contributed by atoms with van der Waals surface area (Å²) in [5.74, 6) is -0.187. The lowest BCUT2D eigenvalue weighted by Gasteiger charge is -2.26. The highest BCUT2D eigenvalue weighted by Crippen LogP contribution is 2.44. The van der Waals surface area contributed by atoms with Crippen molar-refractivity contribution in [1.29, 1.82) is 0 Å². The van der Waals surface area contributed by atoms with E-state index in [1.54, 1.807) is 0 Å². The zero-order valence-corrected chi connectivity index (χ0v) is 12.1. The molecule has 3 rings (SSSR count). The minimum atomic E-state index is -0.730. The van der Waals surface area contributed by atoms with E-state index in [9.17, 15) is 4.79 Å². The van der Waals surface area contributed by atoms with E-state index in [2.05, 4.69) is 6.58 Å². The van der Waals surface area contributed by atoms with E-state index in [-0.39, 0.29) is 12.1 Å². The molecule has 1 heterocycles. The van der Waals surface area contributed by atoms with Gasteiger partial charge in [-0.3, -0.25) is 4.79 Å². The first-order chi connectivity index (χ1) is 10.1. The molecule has 0 radical (unpaired) electrons. The van der Waals surface area contributed by atoms with Gasteiger partial charge in [-0.1, -0.05) is 67.2 Å². The van der Waals surface area contributed by atoms with Gasteiger partial charge < -0.3 is 4.74 Å². The number of cyclic esters (lactones) is 1. The van der Waals surface area contributed by atoms with Crippen LogP contribution in [0.2, 0.25) is 0 Å². The molecule has 1 atom stereocenters. The molecule has 0 saturated carbocycles. The maximum atomic E-state index is 12.7. The quantitative estimate of drug-likeness (QED) is 0.629. The Morgan fingerprint density at radius 3 is 1.90 bits per heavy atom. The van der Waals surface area contributed by atoms with Crippen LogP contribution in [0.25, 0.3) is 0 Å². The van der Waals surface area contributed by atoms with E-state index in [0.717, 1.165) is 16.7 Å². The Morgan fingerprint density at radius 2 is 1.52 bits per heavy atom. The first-order valence-electron chi connectivity index (χ1n) is 7.12. The summed E-state index contributed by atoms with van der Waals surface area (Å²) in [4.78, 5) is 12.7. The van der Waals surface area contributed by atoms with Crippen LogP contribution >= 0.6 is 0 Å². The molecule has 21 heavy (non-hydrogen) atoms. The van der Waals surface area contributed by atoms with Gasteiger partial charge >= 0.3 is 5.97 Å². The Bertz CT molecular complexity index is 619.